The zero-order chi connectivity index (χ0) is 12.0. The van der Waals surface area contributed by atoms with Crippen molar-refractivity contribution in [2.45, 2.75) is 39.7 Å². The monoisotopic (exact) mass is 244 g/mol. The van der Waals surface area contributed by atoms with E-state index in [-0.39, 0.29) is 5.91 Å². The predicted molar refractivity (Wildman–Crippen MR) is 70.8 cm³/mol. The molecular formula is C12H24N2OS. The molecule has 0 aromatic heterocycles. The number of carbonyl (C=O) groups excluding carboxylic acids is 1. The van der Waals surface area contributed by atoms with Gasteiger partial charge in [0, 0.05) is 37.1 Å². The van der Waals surface area contributed by atoms with Crippen molar-refractivity contribution in [3.63, 3.8) is 0 Å². The van der Waals surface area contributed by atoms with E-state index in [4.69, 9.17) is 0 Å². The molecule has 0 aliphatic carbocycles. The third-order valence-electron chi connectivity index (χ3n) is 2.63. The number of rotatable bonds is 4. The van der Waals surface area contributed by atoms with E-state index in [1.807, 2.05) is 11.8 Å². The first-order valence-electron chi connectivity index (χ1n) is 6.05. The van der Waals surface area contributed by atoms with E-state index in [1.165, 1.54) is 5.75 Å². The summed E-state index contributed by atoms with van der Waals surface area (Å²) in [4.78, 5) is 11.6. The minimum Gasteiger partial charge on any atom is -0.356 e. The van der Waals surface area contributed by atoms with Gasteiger partial charge in [0.05, 0.1) is 0 Å². The topological polar surface area (TPSA) is 41.1 Å². The largest absolute Gasteiger partial charge is 0.356 e. The lowest BCUT2D eigenvalue weighted by atomic mass is 9.92. The van der Waals surface area contributed by atoms with Gasteiger partial charge in [-0.1, -0.05) is 20.8 Å². The molecule has 2 N–H and O–H groups in total. The molecule has 1 unspecified atom stereocenters. The Morgan fingerprint density at radius 1 is 1.50 bits per heavy atom. The van der Waals surface area contributed by atoms with Crippen molar-refractivity contribution < 1.29 is 4.79 Å². The van der Waals surface area contributed by atoms with Gasteiger partial charge in [0.15, 0.2) is 0 Å². The lowest BCUT2D eigenvalue weighted by Gasteiger charge is -2.23. The summed E-state index contributed by atoms with van der Waals surface area (Å²) in [5.74, 6) is 2.42. The molecule has 3 nitrogen and oxygen atoms in total. The second-order valence-corrected chi connectivity index (χ2v) is 6.74. The first kappa shape index (κ1) is 13.8. The second-order valence-electron chi connectivity index (χ2n) is 5.59. The molecule has 1 aliphatic rings. The summed E-state index contributed by atoms with van der Waals surface area (Å²) in [5.41, 5.74) is 0.298. The van der Waals surface area contributed by atoms with Crippen LogP contribution in [0.2, 0.25) is 0 Å². The van der Waals surface area contributed by atoms with Crippen molar-refractivity contribution in [1.82, 2.24) is 10.6 Å². The Kier molecular flexibility index (Phi) is 5.62. The number of amides is 1. The summed E-state index contributed by atoms with van der Waals surface area (Å²) in [5, 5.41) is 6.37. The molecule has 0 radical (unpaired) electrons. The Bertz CT molecular complexity index is 220. The summed E-state index contributed by atoms with van der Waals surface area (Å²) in [7, 11) is 0. The van der Waals surface area contributed by atoms with Crippen LogP contribution < -0.4 is 10.6 Å². The highest BCUT2D eigenvalue weighted by atomic mass is 32.2. The smallest absolute Gasteiger partial charge is 0.221 e. The Morgan fingerprint density at radius 3 is 2.81 bits per heavy atom. The Labute approximate surface area is 103 Å². The van der Waals surface area contributed by atoms with Crippen LogP contribution in [0.25, 0.3) is 0 Å². The molecule has 0 saturated carbocycles. The molecule has 0 aromatic carbocycles. The Balaban J connectivity index is 2.10. The van der Waals surface area contributed by atoms with E-state index >= 15 is 0 Å². The van der Waals surface area contributed by atoms with Gasteiger partial charge in [-0.05, 0) is 11.8 Å². The van der Waals surface area contributed by atoms with Gasteiger partial charge < -0.3 is 10.6 Å². The number of carbonyl (C=O) groups is 1. The highest BCUT2D eigenvalue weighted by Gasteiger charge is 2.17. The van der Waals surface area contributed by atoms with Crippen molar-refractivity contribution >= 4 is 17.7 Å². The minimum atomic E-state index is 0.184. The first-order valence-corrected chi connectivity index (χ1v) is 7.21. The fraction of sp³-hybridized carbons (Fsp3) is 0.917. The van der Waals surface area contributed by atoms with Crippen LogP contribution in [-0.2, 0) is 4.79 Å². The van der Waals surface area contributed by atoms with E-state index < -0.39 is 0 Å². The molecule has 1 heterocycles. The molecule has 0 spiro atoms. The third-order valence-corrected chi connectivity index (χ3v) is 3.76. The molecule has 1 amide bonds. The molecule has 4 heteroatoms. The summed E-state index contributed by atoms with van der Waals surface area (Å²) >= 11 is 1.93. The second kappa shape index (κ2) is 6.50. The third kappa shape index (κ3) is 6.38. The van der Waals surface area contributed by atoms with Gasteiger partial charge in [-0.3, -0.25) is 4.79 Å². The Hall–Kier alpha value is -0.220. The van der Waals surface area contributed by atoms with Gasteiger partial charge in [0.25, 0.3) is 0 Å². The molecule has 1 saturated heterocycles. The molecule has 0 bridgehead atoms. The maximum Gasteiger partial charge on any atom is 0.221 e. The van der Waals surface area contributed by atoms with Crippen molar-refractivity contribution in [1.29, 1.82) is 0 Å². The van der Waals surface area contributed by atoms with Gasteiger partial charge in [-0.15, -0.1) is 0 Å². The zero-order valence-electron chi connectivity index (χ0n) is 10.6. The molecule has 1 atom stereocenters. The standard InChI is InChI=1S/C12H24N2OS/c1-12(2,3)4-5-14-11(15)8-10-9-16-7-6-13-10/h10,13H,4-9H2,1-3H3,(H,14,15). The van der Waals surface area contributed by atoms with Gasteiger partial charge in [-0.25, -0.2) is 0 Å². The lowest BCUT2D eigenvalue weighted by Crippen LogP contribution is -2.41. The summed E-state index contributed by atoms with van der Waals surface area (Å²) in [6.07, 6.45) is 1.66. The number of nitrogens with one attached hydrogen (secondary N) is 2. The number of hydrogen-bond acceptors (Lipinski definition) is 3. The van der Waals surface area contributed by atoms with Crippen molar-refractivity contribution in [3.05, 3.63) is 0 Å². The average Bonchev–Trinajstić information content (AvgIpc) is 2.17. The van der Waals surface area contributed by atoms with E-state index in [0.717, 1.165) is 25.3 Å². The summed E-state index contributed by atoms with van der Waals surface area (Å²) in [6.45, 7) is 8.41. The molecule has 1 rings (SSSR count). The number of hydrogen-bond donors (Lipinski definition) is 2. The van der Waals surface area contributed by atoms with Crippen molar-refractivity contribution in [3.8, 4) is 0 Å². The normalized spacial score (nSPS) is 21.8. The van der Waals surface area contributed by atoms with Gasteiger partial charge in [0.2, 0.25) is 5.91 Å². The molecule has 0 aromatic rings. The highest BCUT2D eigenvalue weighted by Crippen LogP contribution is 2.17. The van der Waals surface area contributed by atoms with Crippen LogP contribution in [0.3, 0.4) is 0 Å². The molecular weight excluding hydrogens is 220 g/mol. The number of thioether (sulfide) groups is 1. The highest BCUT2D eigenvalue weighted by molar-refractivity contribution is 7.99. The van der Waals surface area contributed by atoms with E-state index in [1.54, 1.807) is 0 Å². The minimum absolute atomic E-state index is 0.184. The lowest BCUT2D eigenvalue weighted by molar-refractivity contribution is -0.121. The quantitative estimate of drug-likeness (QED) is 0.790. The van der Waals surface area contributed by atoms with Crippen molar-refractivity contribution in [2.24, 2.45) is 5.41 Å². The zero-order valence-corrected chi connectivity index (χ0v) is 11.5. The van der Waals surface area contributed by atoms with E-state index in [2.05, 4.69) is 31.4 Å². The molecule has 1 aliphatic heterocycles. The van der Waals surface area contributed by atoms with Gasteiger partial charge in [0.1, 0.15) is 0 Å². The van der Waals surface area contributed by atoms with Crippen LogP contribution >= 0.6 is 11.8 Å². The van der Waals surface area contributed by atoms with Crippen LogP contribution in [0.15, 0.2) is 0 Å². The van der Waals surface area contributed by atoms with Crippen molar-refractivity contribution in [2.75, 3.05) is 24.6 Å². The maximum absolute atomic E-state index is 11.6. The summed E-state index contributed by atoms with van der Waals surface area (Å²) in [6, 6.07) is 0.369. The predicted octanol–water partition coefficient (Wildman–Crippen LogP) is 1.63. The SMILES string of the molecule is CC(C)(C)CCNC(=O)CC1CSCCN1. The fourth-order valence-electron chi connectivity index (χ4n) is 1.62. The maximum atomic E-state index is 11.6. The molecule has 16 heavy (non-hydrogen) atoms. The fourth-order valence-corrected chi connectivity index (χ4v) is 2.57. The summed E-state index contributed by atoms with van der Waals surface area (Å²) < 4.78 is 0. The van der Waals surface area contributed by atoms with Crippen LogP contribution in [0, 0.1) is 5.41 Å². The first-order chi connectivity index (χ1) is 7.47. The van der Waals surface area contributed by atoms with Crippen LogP contribution in [0.5, 0.6) is 0 Å². The van der Waals surface area contributed by atoms with Gasteiger partial charge in [-0.2, -0.15) is 11.8 Å². The van der Waals surface area contributed by atoms with E-state index in [0.29, 0.717) is 17.9 Å². The molecule has 1 fully saturated rings. The Morgan fingerprint density at radius 2 is 2.25 bits per heavy atom. The van der Waals surface area contributed by atoms with E-state index in [9.17, 15) is 4.79 Å². The van der Waals surface area contributed by atoms with Crippen LogP contribution in [0.1, 0.15) is 33.6 Å². The van der Waals surface area contributed by atoms with Gasteiger partial charge >= 0.3 is 0 Å². The van der Waals surface area contributed by atoms with Crippen LogP contribution in [-0.4, -0.2) is 36.5 Å². The molecule has 94 valence electrons. The van der Waals surface area contributed by atoms with Crippen LogP contribution in [0.4, 0.5) is 0 Å². The average molecular weight is 244 g/mol.